The van der Waals surface area contributed by atoms with E-state index in [0.717, 1.165) is 11.1 Å². The first-order valence-corrected chi connectivity index (χ1v) is 7.11. The van der Waals surface area contributed by atoms with Crippen LogP contribution in [-0.4, -0.2) is 25.9 Å². The van der Waals surface area contributed by atoms with E-state index in [0.29, 0.717) is 12.0 Å². The van der Waals surface area contributed by atoms with Gasteiger partial charge in [0.25, 0.3) is 0 Å². The van der Waals surface area contributed by atoms with E-state index in [-0.39, 0.29) is 4.90 Å². The fourth-order valence-electron chi connectivity index (χ4n) is 1.54. The Morgan fingerprint density at radius 3 is 2.06 bits per heavy atom. The molecule has 0 aliphatic rings. The third-order valence-corrected chi connectivity index (χ3v) is 3.65. The topological polar surface area (TPSA) is 64.1 Å². The van der Waals surface area contributed by atoms with Gasteiger partial charge in [0.15, 0.2) is 16.1 Å². The summed E-state index contributed by atoms with van der Waals surface area (Å²) in [5, 5.41) is 0. The van der Waals surface area contributed by atoms with Crippen LogP contribution >= 0.6 is 0 Å². The molecule has 0 saturated heterocycles. The maximum absolute atomic E-state index is 11.3. The maximum atomic E-state index is 11.3. The number of aromatic nitrogens is 1. The molecule has 0 amide bonds. The molecule has 18 heavy (non-hydrogen) atoms. The summed E-state index contributed by atoms with van der Waals surface area (Å²) in [5.74, 6) is 0. The van der Waals surface area contributed by atoms with Gasteiger partial charge in [-0.15, -0.1) is 0 Å². The molecule has 0 aliphatic carbocycles. The summed E-state index contributed by atoms with van der Waals surface area (Å²) in [6.07, 6.45) is 3.43. The standard InChI is InChI=1S/C13H11NO3S/c1-18(16,17)13-6-3-10(4-7-13)11-2-5-12(9-15)14-8-11/h2-9H,1H3. The number of pyridine rings is 1. The van der Waals surface area contributed by atoms with E-state index in [2.05, 4.69) is 4.98 Å². The van der Waals surface area contributed by atoms with Gasteiger partial charge >= 0.3 is 0 Å². The van der Waals surface area contributed by atoms with Crippen molar-refractivity contribution in [3.05, 3.63) is 48.3 Å². The van der Waals surface area contributed by atoms with Crippen LogP contribution in [0.2, 0.25) is 0 Å². The molecule has 1 aromatic heterocycles. The second kappa shape index (κ2) is 4.70. The quantitative estimate of drug-likeness (QED) is 0.792. The number of sulfone groups is 1. The summed E-state index contributed by atoms with van der Waals surface area (Å²) in [7, 11) is -3.17. The summed E-state index contributed by atoms with van der Waals surface area (Å²) in [4.78, 5) is 14.7. The van der Waals surface area contributed by atoms with E-state index in [1.54, 1.807) is 42.6 Å². The molecule has 0 fully saturated rings. The highest BCUT2D eigenvalue weighted by Gasteiger charge is 2.06. The molecule has 0 radical (unpaired) electrons. The van der Waals surface area contributed by atoms with Crippen molar-refractivity contribution in [1.82, 2.24) is 4.98 Å². The highest BCUT2D eigenvalue weighted by molar-refractivity contribution is 7.90. The molecule has 4 nitrogen and oxygen atoms in total. The number of hydrogen-bond acceptors (Lipinski definition) is 4. The Morgan fingerprint density at radius 2 is 1.61 bits per heavy atom. The first-order valence-electron chi connectivity index (χ1n) is 5.22. The lowest BCUT2D eigenvalue weighted by atomic mass is 10.1. The first kappa shape index (κ1) is 12.4. The third-order valence-electron chi connectivity index (χ3n) is 2.52. The smallest absolute Gasteiger partial charge is 0.175 e. The van der Waals surface area contributed by atoms with Crippen molar-refractivity contribution in [3.8, 4) is 11.1 Å². The number of hydrogen-bond donors (Lipinski definition) is 0. The van der Waals surface area contributed by atoms with Crippen molar-refractivity contribution in [1.29, 1.82) is 0 Å². The predicted octanol–water partition coefficient (Wildman–Crippen LogP) is 1.96. The SMILES string of the molecule is CS(=O)(=O)c1ccc(-c2ccc(C=O)nc2)cc1. The number of carbonyl (C=O) groups excluding carboxylic acids is 1. The van der Waals surface area contributed by atoms with E-state index in [1.807, 2.05) is 0 Å². The van der Waals surface area contributed by atoms with Crippen LogP contribution in [-0.2, 0) is 9.84 Å². The zero-order valence-electron chi connectivity index (χ0n) is 9.70. The Hall–Kier alpha value is -2.01. The molecule has 1 aromatic carbocycles. The lowest BCUT2D eigenvalue weighted by molar-refractivity contribution is 0.111. The first-order chi connectivity index (χ1) is 8.50. The Labute approximate surface area is 105 Å². The number of aldehydes is 1. The summed E-state index contributed by atoms with van der Waals surface area (Å²) in [6.45, 7) is 0. The van der Waals surface area contributed by atoms with Gasteiger partial charge in [0.2, 0.25) is 0 Å². The van der Waals surface area contributed by atoms with Crippen molar-refractivity contribution < 1.29 is 13.2 Å². The van der Waals surface area contributed by atoms with Gasteiger partial charge in [-0.3, -0.25) is 9.78 Å². The number of nitrogens with zero attached hydrogens (tertiary/aromatic N) is 1. The van der Waals surface area contributed by atoms with Crippen molar-refractivity contribution >= 4 is 16.1 Å². The van der Waals surface area contributed by atoms with E-state index in [9.17, 15) is 13.2 Å². The van der Waals surface area contributed by atoms with Gasteiger partial charge in [-0.2, -0.15) is 0 Å². The minimum atomic E-state index is -3.17. The van der Waals surface area contributed by atoms with Gasteiger partial charge in [-0.05, 0) is 23.8 Å². The molecule has 0 atom stereocenters. The van der Waals surface area contributed by atoms with Crippen LogP contribution in [0.3, 0.4) is 0 Å². The summed E-state index contributed by atoms with van der Waals surface area (Å²) < 4.78 is 22.6. The average molecular weight is 261 g/mol. The molecule has 0 N–H and O–H groups in total. The van der Waals surface area contributed by atoms with Crippen LogP contribution in [0, 0.1) is 0 Å². The zero-order valence-corrected chi connectivity index (χ0v) is 10.5. The Morgan fingerprint density at radius 1 is 1.00 bits per heavy atom. The van der Waals surface area contributed by atoms with Crippen LogP contribution < -0.4 is 0 Å². The molecule has 5 heteroatoms. The van der Waals surface area contributed by atoms with Gasteiger partial charge in [0, 0.05) is 18.0 Å². The normalized spacial score (nSPS) is 11.2. The molecule has 2 aromatic rings. The molecule has 0 spiro atoms. The lowest BCUT2D eigenvalue weighted by Gasteiger charge is -2.03. The van der Waals surface area contributed by atoms with Crippen molar-refractivity contribution in [2.75, 3.05) is 6.26 Å². The molecule has 2 rings (SSSR count). The van der Waals surface area contributed by atoms with Gasteiger partial charge in [0.1, 0.15) is 5.69 Å². The largest absolute Gasteiger partial charge is 0.296 e. The Balaban J connectivity index is 2.37. The van der Waals surface area contributed by atoms with Gasteiger partial charge in [-0.25, -0.2) is 8.42 Å². The molecular formula is C13H11NO3S. The fourth-order valence-corrected chi connectivity index (χ4v) is 2.17. The van der Waals surface area contributed by atoms with E-state index in [1.165, 1.54) is 6.26 Å². The summed E-state index contributed by atoms with van der Waals surface area (Å²) >= 11 is 0. The van der Waals surface area contributed by atoms with E-state index >= 15 is 0 Å². The van der Waals surface area contributed by atoms with Gasteiger partial charge < -0.3 is 0 Å². The molecule has 1 heterocycles. The maximum Gasteiger partial charge on any atom is 0.175 e. The minimum Gasteiger partial charge on any atom is -0.296 e. The number of carbonyl (C=O) groups is 1. The van der Waals surface area contributed by atoms with Crippen molar-refractivity contribution in [3.63, 3.8) is 0 Å². The Kier molecular flexibility index (Phi) is 3.25. The highest BCUT2D eigenvalue weighted by atomic mass is 32.2. The second-order valence-corrected chi connectivity index (χ2v) is 5.90. The summed E-state index contributed by atoms with van der Waals surface area (Å²) in [6, 6.07) is 9.93. The van der Waals surface area contributed by atoms with Gasteiger partial charge in [0.05, 0.1) is 4.90 Å². The lowest BCUT2D eigenvalue weighted by Crippen LogP contribution is -1.96. The van der Waals surface area contributed by atoms with Crippen molar-refractivity contribution in [2.24, 2.45) is 0 Å². The van der Waals surface area contributed by atoms with Crippen LogP contribution in [0.4, 0.5) is 0 Å². The van der Waals surface area contributed by atoms with Gasteiger partial charge in [-0.1, -0.05) is 18.2 Å². The monoisotopic (exact) mass is 261 g/mol. The molecule has 92 valence electrons. The van der Waals surface area contributed by atoms with Crippen molar-refractivity contribution in [2.45, 2.75) is 4.90 Å². The van der Waals surface area contributed by atoms with Crippen LogP contribution in [0.15, 0.2) is 47.5 Å². The summed E-state index contributed by atoms with van der Waals surface area (Å²) in [5.41, 5.74) is 2.06. The van der Waals surface area contributed by atoms with Crippen LogP contribution in [0.5, 0.6) is 0 Å². The van der Waals surface area contributed by atoms with Crippen LogP contribution in [0.25, 0.3) is 11.1 Å². The highest BCUT2D eigenvalue weighted by Crippen LogP contribution is 2.20. The molecule has 0 saturated carbocycles. The average Bonchev–Trinajstić information content (AvgIpc) is 2.38. The van der Waals surface area contributed by atoms with E-state index in [4.69, 9.17) is 0 Å². The molecule has 0 aliphatic heterocycles. The molecule has 0 bridgehead atoms. The number of rotatable bonds is 3. The predicted molar refractivity (Wildman–Crippen MR) is 68.2 cm³/mol. The third kappa shape index (κ3) is 2.62. The van der Waals surface area contributed by atoms with Crippen LogP contribution in [0.1, 0.15) is 10.5 Å². The number of benzene rings is 1. The zero-order chi connectivity index (χ0) is 13.2. The molecule has 0 unspecified atom stereocenters. The minimum absolute atomic E-state index is 0.281. The molecular weight excluding hydrogens is 250 g/mol. The Bertz CT molecular complexity index is 658. The second-order valence-electron chi connectivity index (χ2n) is 3.89. The van der Waals surface area contributed by atoms with E-state index < -0.39 is 9.84 Å². The fraction of sp³-hybridized carbons (Fsp3) is 0.0769.